The van der Waals surface area contributed by atoms with E-state index in [1.54, 1.807) is 24.3 Å². The van der Waals surface area contributed by atoms with E-state index in [1.807, 2.05) is 13.0 Å². The van der Waals surface area contributed by atoms with Crippen molar-refractivity contribution in [3.8, 4) is 23.3 Å². The summed E-state index contributed by atoms with van der Waals surface area (Å²) in [5, 5.41) is 30.6. The zero-order valence-corrected chi connectivity index (χ0v) is 20.8. The van der Waals surface area contributed by atoms with Gasteiger partial charge >= 0.3 is 5.97 Å². The number of amides is 1. The minimum Gasteiger partial charge on any atom is -0.508 e. The Morgan fingerprint density at radius 2 is 1.77 bits per heavy atom. The van der Waals surface area contributed by atoms with Gasteiger partial charge in [-0.15, -0.1) is 0 Å². The van der Waals surface area contributed by atoms with Crippen LogP contribution in [0.1, 0.15) is 28.4 Å². The van der Waals surface area contributed by atoms with Gasteiger partial charge in [0.2, 0.25) is 0 Å². The lowest BCUT2D eigenvalue weighted by atomic mass is 10.1. The molecule has 0 aliphatic heterocycles. The molecule has 0 atom stereocenters. The van der Waals surface area contributed by atoms with Gasteiger partial charge < -0.3 is 25.0 Å². The summed E-state index contributed by atoms with van der Waals surface area (Å²) in [5.74, 6) is -0.571. The highest BCUT2D eigenvalue weighted by molar-refractivity contribution is 14.1. The fourth-order valence-electron chi connectivity index (χ4n) is 3.03. The van der Waals surface area contributed by atoms with Gasteiger partial charge in [-0.3, -0.25) is 4.79 Å². The van der Waals surface area contributed by atoms with E-state index < -0.39 is 11.9 Å². The molecule has 35 heavy (non-hydrogen) atoms. The summed E-state index contributed by atoms with van der Waals surface area (Å²) in [5.41, 5.74) is 1.89. The summed E-state index contributed by atoms with van der Waals surface area (Å²) in [6.07, 6.45) is 1.45. The van der Waals surface area contributed by atoms with Crippen molar-refractivity contribution in [1.29, 1.82) is 5.26 Å². The minimum absolute atomic E-state index is 0.0664. The first kappa shape index (κ1) is 25.6. The molecule has 0 heterocycles. The lowest BCUT2D eigenvalue weighted by Gasteiger charge is -2.15. The minimum atomic E-state index is -0.997. The zero-order chi connectivity index (χ0) is 25.4. The van der Waals surface area contributed by atoms with Gasteiger partial charge in [-0.05, 0) is 95.2 Å². The Balaban J connectivity index is 1.81. The maximum Gasteiger partial charge on any atom is 0.335 e. The molecule has 0 aliphatic rings. The molecule has 178 valence electrons. The molecule has 0 saturated carbocycles. The molecule has 3 rings (SSSR count). The van der Waals surface area contributed by atoms with Gasteiger partial charge in [-0.1, -0.05) is 12.1 Å². The van der Waals surface area contributed by atoms with Crippen LogP contribution in [0.4, 0.5) is 5.69 Å². The fraction of sp³-hybridized carbons (Fsp3) is 0.115. The van der Waals surface area contributed by atoms with Crippen LogP contribution in [0.3, 0.4) is 0 Å². The maximum atomic E-state index is 12.6. The molecule has 0 spiro atoms. The number of halogens is 1. The standard InChI is InChI=1S/C26H21IN2O6/c1-2-34-23-13-17(11-19(14-28)25(31)29-20-7-9-21(30)10-8-20)12-22(27)24(23)35-15-16-3-5-18(6-4-16)26(32)33/h3-13,30H,2,15H2,1H3,(H,29,31)(H,32,33)/b19-11+. The lowest BCUT2D eigenvalue weighted by molar-refractivity contribution is -0.112. The monoisotopic (exact) mass is 584 g/mol. The van der Waals surface area contributed by atoms with Crippen LogP contribution in [0, 0.1) is 14.9 Å². The van der Waals surface area contributed by atoms with Crippen LogP contribution in [-0.4, -0.2) is 28.7 Å². The number of nitriles is 1. The Kier molecular flexibility index (Phi) is 8.69. The van der Waals surface area contributed by atoms with Crippen molar-refractivity contribution < 1.29 is 29.3 Å². The predicted molar refractivity (Wildman–Crippen MR) is 138 cm³/mol. The van der Waals surface area contributed by atoms with Crippen LogP contribution in [0.2, 0.25) is 0 Å². The van der Waals surface area contributed by atoms with E-state index in [0.717, 1.165) is 5.56 Å². The third kappa shape index (κ3) is 6.97. The second kappa shape index (κ2) is 11.9. The highest BCUT2D eigenvalue weighted by Gasteiger charge is 2.15. The molecular formula is C26H21IN2O6. The van der Waals surface area contributed by atoms with Crippen molar-refractivity contribution in [3.05, 3.63) is 86.5 Å². The number of nitrogens with one attached hydrogen (secondary N) is 1. The molecule has 0 aliphatic carbocycles. The number of carboxylic acids is 1. The number of benzene rings is 3. The van der Waals surface area contributed by atoms with Gasteiger partial charge in [0.1, 0.15) is 24.0 Å². The number of hydrogen-bond donors (Lipinski definition) is 3. The number of carbonyl (C=O) groups is 2. The smallest absolute Gasteiger partial charge is 0.335 e. The Morgan fingerprint density at radius 1 is 1.09 bits per heavy atom. The topological polar surface area (TPSA) is 129 Å². The number of aromatic carboxylic acids is 1. The Hall–Kier alpha value is -4.04. The van der Waals surface area contributed by atoms with Gasteiger partial charge in [0.25, 0.3) is 5.91 Å². The molecule has 0 radical (unpaired) electrons. The number of phenols is 1. The van der Waals surface area contributed by atoms with Gasteiger partial charge in [0.15, 0.2) is 11.5 Å². The first-order valence-corrected chi connectivity index (χ1v) is 11.5. The quantitative estimate of drug-likeness (QED) is 0.136. The van der Waals surface area contributed by atoms with Crippen molar-refractivity contribution in [1.82, 2.24) is 0 Å². The first-order valence-electron chi connectivity index (χ1n) is 10.4. The van der Waals surface area contributed by atoms with Gasteiger partial charge in [0.05, 0.1) is 15.7 Å². The second-order valence-corrected chi connectivity index (χ2v) is 8.39. The molecule has 0 aromatic heterocycles. The average Bonchev–Trinajstić information content (AvgIpc) is 2.83. The van der Waals surface area contributed by atoms with Crippen molar-refractivity contribution in [2.24, 2.45) is 0 Å². The molecule has 8 nitrogen and oxygen atoms in total. The SMILES string of the molecule is CCOc1cc(/C=C(\C#N)C(=O)Nc2ccc(O)cc2)cc(I)c1OCc1ccc(C(=O)O)cc1. The summed E-state index contributed by atoms with van der Waals surface area (Å²) in [4.78, 5) is 23.6. The number of phenolic OH excluding ortho intramolecular Hbond substituents is 1. The van der Waals surface area contributed by atoms with Crippen LogP contribution in [0.25, 0.3) is 6.08 Å². The predicted octanol–water partition coefficient (Wildman–Crippen LogP) is 5.22. The van der Waals surface area contributed by atoms with Crippen LogP contribution < -0.4 is 14.8 Å². The molecule has 1 amide bonds. The van der Waals surface area contributed by atoms with Crippen LogP contribution in [0.5, 0.6) is 17.2 Å². The molecule has 3 N–H and O–H groups in total. The van der Waals surface area contributed by atoms with E-state index in [-0.39, 0.29) is 23.5 Å². The Morgan fingerprint density at radius 3 is 2.37 bits per heavy atom. The van der Waals surface area contributed by atoms with Gasteiger partial charge in [-0.25, -0.2) is 4.79 Å². The number of rotatable bonds is 9. The summed E-state index contributed by atoms with van der Waals surface area (Å²) in [6, 6.07) is 17.7. The molecule has 3 aromatic rings. The molecule has 0 fully saturated rings. The number of aromatic hydroxyl groups is 1. The summed E-state index contributed by atoms with van der Waals surface area (Å²) >= 11 is 2.09. The van der Waals surface area contributed by atoms with E-state index in [0.29, 0.717) is 32.9 Å². The zero-order valence-electron chi connectivity index (χ0n) is 18.6. The lowest BCUT2D eigenvalue weighted by Crippen LogP contribution is -2.13. The van der Waals surface area contributed by atoms with Crippen molar-refractivity contribution in [3.63, 3.8) is 0 Å². The third-order valence-corrected chi connectivity index (χ3v) is 5.52. The van der Waals surface area contributed by atoms with Crippen LogP contribution in [-0.2, 0) is 11.4 Å². The van der Waals surface area contributed by atoms with E-state index >= 15 is 0 Å². The highest BCUT2D eigenvalue weighted by atomic mass is 127. The highest BCUT2D eigenvalue weighted by Crippen LogP contribution is 2.35. The van der Waals surface area contributed by atoms with Crippen molar-refractivity contribution in [2.75, 3.05) is 11.9 Å². The molecule has 0 saturated heterocycles. The molecule has 3 aromatic carbocycles. The Bertz CT molecular complexity index is 1300. The summed E-state index contributed by atoms with van der Waals surface area (Å²) < 4.78 is 12.4. The average molecular weight is 584 g/mol. The van der Waals surface area contributed by atoms with Crippen molar-refractivity contribution in [2.45, 2.75) is 13.5 Å². The number of carboxylic acid groups (broad SMARTS) is 1. The van der Waals surface area contributed by atoms with E-state index in [4.69, 9.17) is 14.6 Å². The fourth-order valence-corrected chi connectivity index (χ4v) is 3.81. The maximum absolute atomic E-state index is 12.6. The van der Waals surface area contributed by atoms with E-state index in [1.165, 1.54) is 42.5 Å². The number of hydrogen-bond acceptors (Lipinski definition) is 6. The normalized spacial score (nSPS) is 10.8. The van der Waals surface area contributed by atoms with Gasteiger partial charge in [-0.2, -0.15) is 5.26 Å². The second-order valence-electron chi connectivity index (χ2n) is 7.22. The van der Waals surface area contributed by atoms with Crippen molar-refractivity contribution >= 4 is 46.2 Å². The molecule has 9 heteroatoms. The number of anilines is 1. The Labute approximate surface area is 215 Å². The summed E-state index contributed by atoms with van der Waals surface area (Å²) in [6.45, 7) is 2.40. The number of carbonyl (C=O) groups excluding carboxylic acids is 1. The molecular weight excluding hydrogens is 563 g/mol. The van der Waals surface area contributed by atoms with Gasteiger partial charge in [0, 0.05) is 5.69 Å². The molecule has 0 unspecified atom stereocenters. The number of nitrogens with zero attached hydrogens (tertiary/aromatic N) is 1. The number of ether oxygens (including phenoxy) is 2. The van der Waals surface area contributed by atoms with E-state index in [9.17, 15) is 20.0 Å². The van der Waals surface area contributed by atoms with E-state index in [2.05, 4.69) is 27.9 Å². The third-order valence-electron chi connectivity index (χ3n) is 4.72. The van der Waals surface area contributed by atoms with Crippen LogP contribution >= 0.6 is 22.6 Å². The largest absolute Gasteiger partial charge is 0.508 e. The van der Waals surface area contributed by atoms with Crippen LogP contribution in [0.15, 0.2) is 66.2 Å². The first-order chi connectivity index (χ1) is 16.8. The molecule has 0 bridgehead atoms. The summed E-state index contributed by atoms with van der Waals surface area (Å²) in [7, 11) is 0.